The van der Waals surface area contributed by atoms with E-state index in [-0.39, 0.29) is 25.2 Å². The Bertz CT molecular complexity index is 929. The molecule has 0 bridgehead atoms. The molecule has 2 heterocycles. The lowest BCUT2D eigenvalue weighted by atomic mass is 10.2. The molecule has 1 saturated heterocycles. The first-order valence-electron chi connectivity index (χ1n) is 9.09. The maximum absolute atomic E-state index is 13.1. The van der Waals surface area contributed by atoms with Crippen LogP contribution in [0.3, 0.4) is 0 Å². The number of rotatable bonds is 4. The molecule has 2 amide bonds. The fourth-order valence-corrected chi connectivity index (χ4v) is 3.31. The number of nitrogens with one attached hydrogen (secondary N) is 1. The van der Waals surface area contributed by atoms with Crippen LogP contribution in [0.25, 0.3) is 0 Å². The number of nitrogens with zero attached hydrogens (tertiary/aromatic N) is 1. The molecule has 1 fully saturated rings. The summed E-state index contributed by atoms with van der Waals surface area (Å²) >= 11 is 0. The Morgan fingerprint density at radius 2 is 1.93 bits per heavy atom. The van der Waals surface area contributed by atoms with E-state index < -0.39 is 24.3 Å². The Morgan fingerprint density at radius 1 is 1.17 bits per heavy atom. The van der Waals surface area contributed by atoms with Crippen LogP contribution in [0, 0.1) is 0 Å². The van der Waals surface area contributed by atoms with Gasteiger partial charge in [-0.15, -0.1) is 8.78 Å². The van der Waals surface area contributed by atoms with E-state index in [0.717, 1.165) is 5.56 Å². The van der Waals surface area contributed by atoms with Crippen LogP contribution in [-0.4, -0.2) is 35.8 Å². The second kappa shape index (κ2) is 7.57. The van der Waals surface area contributed by atoms with E-state index in [1.165, 1.54) is 23.1 Å². The summed E-state index contributed by atoms with van der Waals surface area (Å²) in [7, 11) is 0. The average Bonchev–Trinajstić information content (AvgIpc) is 3.29. The lowest BCUT2D eigenvalue weighted by Crippen LogP contribution is -2.43. The average molecular weight is 406 g/mol. The molecule has 1 atom stereocenters. The minimum absolute atomic E-state index is 0. The van der Waals surface area contributed by atoms with Gasteiger partial charge in [-0.05, 0) is 30.5 Å². The fraction of sp³-hybridized carbons (Fsp3) is 0.300. The predicted octanol–water partition coefficient (Wildman–Crippen LogP) is 3.99. The van der Waals surface area contributed by atoms with Crippen LogP contribution in [0.2, 0.25) is 0 Å². The highest BCUT2D eigenvalue weighted by molar-refractivity contribution is 5.97. The number of anilines is 1. The third-order valence-electron chi connectivity index (χ3n) is 4.66. The molecule has 2 aliphatic rings. The summed E-state index contributed by atoms with van der Waals surface area (Å²) < 4.78 is 40.3. The number of hydrogen-bond acceptors (Lipinski definition) is 5. The minimum Gasteiger partial charge on any atom is -0.445 e. The second-order valence-corrected chi connectivity index (χ2v) is 6.71. The Kier molecular flexibility index (Phi) is 4.96. The quantitative estimate of drug-likeness (QED) is 0.831. The molecular weight excluding hydrogens is 386 g/mol. The summed E-state index contributed by atoms with van der Waals surface area (Å²) in [4.78, 5) is 26.4. The normalized spacial score (nSPS) is 19.1. The number of carbonyl (C=O) groups is 2. The van der Waals surface area contributed by atoms with Gasteiger partial charge in [0.05, 0.1) is 0 Å². The Hall–Kier alpha value is -3.36. The third-order valence-corrected chi connectivity index (χ3v) is 4.66. The highest BCUT2D eigenvalue weighted by atomic mass is 19.3. The van der Waals surface area contributed by atoms with Gasteiger partial charge >= 0.3 is 12.4 Å². The number of ether oxygens (including phenoxy) is 3. The highest BCUT2D eigenvalue weighted by Crippen LogP contribution is 2.42. The van der Waals surface area contributed by atoms with Crippen LogP contribution >= 0.6 is 0 Å². The molecular formula is C20H20F2N2O5. The van der Waals surface area contributed by atoms with Crippen molar-refractivity contribution in [2.45, 2.75) is 31.8 Å². The first-order chi connectivity index (χ1) is 13.9. The Balaban J connectivity index is 0.00000256. The first-order valence-corrected chi connectivity index (χ1v) is 9.09. The van der Waals surface area contributed by atoms with E-state index >= 15 is 0 Å². The van der Waals surface area contributed by atoms with Gasteiger partial charge in [-0.1, -0.05) is 30.3 Å². The molecule has 0 radical (unpaired) electrons. The summed E-state index contributed by atoms with van der Waals surface area (Å²) in [5.41, 5.74) is 1.11. The van der Waals surface area contributed by atoms with Crippen LogP contribution in [0.1, 0.15) is 19.8 Å². The smallest absolute Gasteiger partial charge is 0.445 e. The molecule has 29 heavy (non-hydrogen) atoms. The summed E-state index contributed by atoms with van der Waals surface area (Å²) in [5, 5.41) is 2.63. The molecule has 0 aliphatic carbocycles. The summed E-state index contributed by atoms with van der Waals surface area (Å²) in [6.45, 7) is 0.514. The maximum atomic E-state index is 13.1. The van der Waals surface area contributed by atoms with Crippen molar-refractivity contribution in [3.05, 3.63) is 54.1 Å². The molecule has 0 aromatic heterocycles. The summed E-state index contributed by atoms with van der Waals surface area (Å²) in [5.74, 6) is -0.705. The van der Waals surface area contributed by atoms with Crippen LogP contribution in [0.4, 0.5) is 19.3 Å². The molecule has 0 spiro atoms. The van der Waals surface area contributed by atoms with E-state index in [0.29, 0.717) is 19.4 Å². The van der Waals surface area contributed by atoms with Gasteiger partial charge < -0.3 is 19.5 Å². The number of alkyl halides is 2. The molecule has 2 aromatic rings. The number of amides is 2. The zero-order valence-corrected chi connectivity index (χ0v) is 15.3. The van der Waals surface area contributed by atoms with Crippen molar-refractivity contribution < 1.29 is 34.0 Å². The van der Waals surface area contributed by atoms with E-state index in [1.807, 2.05) is 30.3 Å². The van der Waals surface area contributed by atoms with Crippen molar-refractivity contribution >= 4 is 17.7 Å². The molecule has 154 valence electrons. The Labute approximate surface area is 166 Å². The van der Waals surface area contributed by atoms with Crippen molar-refractivity contribution in [2.75, 3.05) is 11.9 Å². The molecule has 0 unspecified atom stereocenters. The Morgan fingerprint density at radius 3 is 2.72 bits per heavy atom. The second-order valence-electron chi connectivity index (χ2n) is 6.71. The monoisotopic (exact) mass is 406 g/mol. The first kappa shape index (κ1) is 19.0. The molecule has 9 heteroatoms. The van der Waals surface area contributed by atoms with Gasteiger partial charge in [0, 0.05) is 19.7 Å². The van der Waals surface area contributed by atoms with Crippen molar-refractivity contribution in [3.63, 3.8) is 0 Å². The lowest BCUT2D eigenvalue weighted by Gasteiger charge is -2.23. The zero-order valence-electron chi connectivity index (χ0n) is 15.3. The van der Waals surface area contributed by atoms with Crippen molar-refractivity contribution in [3.8, 4) is 11.5 Å². The van der Waals surface area contributed by atoms with E-state index in [2.05, 4.69) is 14.8 Å². The zero-order chi connectivity index (χ0) is 20.4. The summed E-state index contributed by atoms with van der Waals surface area (Å²) in [6, 6.07) is 12.5. The minimum atomic E-state index is -3.73. The topological polar surface area (TPSA) is 77.1 Å². The van der Waals surface area contributed by atoms with E-state index in [9.17, 15) is 18.4 Å². The molecule has 7 nitrogen and oxygen atoms in total. The van der Waals surface area contributed by atoms with Gasteiger partial charge in [0.15, 0.2) is 11.5 Å². The van der Waals surface area contributed by atoms with Gasteiger partial charge in [0.25, 0.3) is 0 Å². The van der Waals surface area contributed by atoms with Gasteiger partial charge in [0.2, 0.25) is 5.91 Å². The fourth-order valence-electron chi connectivity index (χ4n) is 3.31. The molecule has 2 aliphatic heterocycles. The van der Waals surface area contributed by atoms with Gasteiger partial charge in [-0.2, -0.15) is 0 Å². The largest absolute Gasteiger partial charge is 0.586 e. The van der Waals surface area contributed by atoms with Crippen molar-refractivity contribution in [1.29, 1.82) is 0 Å². The predicted molar refractivity (Wildman–Crippen MR) is 99.7 cm³/mol. The number of benzene rings is 2. The summed E-state index contributed by atoms with van der Waals surface area (Å²) in [6.07, 6.45) is -3.16. The van der Waals surface area contributed by atoms with Crippen molar-refractivity contribution in [2.24, 2.45) is 0 Å². The number of hydrogen-bond donors (Lipinski definition) is 1. The van der Waals surface area contributed by atoms with Crippen LogP contribution in [0.5, 0.6) is 11.5 Å². The van der Waals surface area contributed by atoms with Crippen molar-refractivity contribution in [1.82, 2.24) is 4.90 Å². The highest BCUT2D eigenvalue weighted by Gasteiger charge is 2.43. The molecule has 0 saturated carbocycles. The van der Waals surface area contributed by atoms with Gasteiger partial charge in [0.1, 0.15) is 12.6 Å². The lowest BCUT2D eigenvalue weighted by molar-refractivity contribution is -0.286. The van der Waals surface area contributed by atoms with E-state index in [1.54, 1.807) is 0 Å². The number of halogens is 2. The molecule has 4 rings (SSSR count). The maximum Gasteiger partial charge on any atom is 0.586 e. The number of fused-ring (bicyclic) bond motifs is 1. The van der Waals surface area contributed by atoms with E-state index in [4.69, 9.17) is 4.74 Å². The standard InChI is InChI=1S/C20H18F2N2O5.H2/c21-20(22)28-16-9-8-14(11-17(16)29-20)23-18(25)15-7-4-10-24(15)19(26)27-12-13-5-2-1-3-6-13;/h1-3,5-6,8-9,11,15H,4,7,10,12H2,(H,23,25);1H/t15-;/m0./s1. The number of carbonyl (C=O) groups excluding carboxylic acids is 2. The van der Waals surface area contributed by atoms with Gasteiger partial charge in [-0.25, -0.2) is 4.79 Å². The van der Waals surface area contributed by atoms with Crippen LogP contribution < -0.4 is 14.8 Å². The SMILES string of the molecule is O=C(Nc1ccc2c(c1)OC(F)(F)O2)[C@@H]1CCCN1C(=O)OCc1ccccc1.[HH]. The van der Waals surface area contributed by atoms with Crippen LogP contribution in [-0.2, 0) is 16.1 Å². The van der Waals surface area contributed by atoms with Gasteiger partial charge in [-0.3, -0.25) is 9.69 Å². The van der Waals surface area contributed by atoms with Crippen LogP contribution in [0.15, 0.2) is 48.5 Å². The number of likely N-dealkylation sites (tertiary alicyclic amines) is 1. The molecule has 2 aromatic carbocycles. The third kappa shape index (κ3) is 4.23. The molecule has 1 N–H and O–H groups in total.